The molecule has 1 aliphatic heterocycles. The summed E-state index contributed by atoms with van der Waals surface area (Å²) < 4.78 is 36.7. The first kappa shape index (κ1) is 28.6. The van der Waals surface area contributed by atoms with E-state index < -0.39 is 33.5 Å². The highest BCUT2D eigenvalue weighted by atomic mass is 35.5. The standard InChI is InChI=1S/C34H32ClNO5S/c35-29-15-11-24(12-16-29)25-13-17-30(18-14-25)42(39,40)36(34(33(37)38)23-31(34)26-7-3-1-4-8-26)32(27-9-5-2-6-10-27)28-19-21-41-22-20-28/h1-18,28,31-32H,19-23H2,(H,37,38)/t31-,32?,34+/m0/s1. The predicted molar refractivity (Wildman–Crippen MR) is 163 cm³/mol. The van der Waals surface area contributed by atoms with Gasteiger partial charge in [0.15, 0.2) is 0 Å². The molecule has 216 valence electrons. The van der Waals surface area contributed by atoms with Gasteiger partial charge in [-0.15, -0.1) is 0 Å². The van der Waals surface area contributed by atoms with Crippen LogP contribution in [0.2, 0.25) is 5.02 Å². The SMILES string of the molecule is O=C(O)[C@@]1(N(C(c2ccccc2)C2CCOCC2)S(=O)(=O)c2ccc(-c3ccc(Cl)cc3)cc2)C[C@H]1c1ccccc1. The number of carbonyl (C=O) groups is 1. The molecule has 3 atom stereocenters. The normalized spacial score (nSPS) is 21.6. The van der Waals surface area contributed by atoms with Gasteiger partial charge in [0.2, 0.25) is 10.0 Å². The molecular weight excluding hydrogens is 570 g/mol. The fourth-order valence-corrected chi connectivity index (χ4v) is 8.51. The first-order valence-corrected chi connectivity index (χ1v) is 16.0. The van der Waals surface area contributed by atoms with Crippen LogP contribution in [0.4, 0.5) is 0 Å². The van der Waals surface area contributed by atoms with E-state index in [1.807, 2.05) is 72.8 Å². The molecule has 6 nitrogen and oxygen atoms in total. The Hall–Kier alpha value is -3.49. The van der Waals surface area contributed by atoms with Crippen molar-refractivity contribution in [2.75, 3.05) is 13.2 Å². The summed E-state index contributed by atoms with van der Waals surface area (Å²) >= 11 is 6.05. The van der Waals surface area contributed by atoms with Gasteiger partial charge < -0.3 is 9.84 Å². The highest BCUT2D eigenvalue weighted by Gasteiger charge is 2.70. The van der Waals surface area contributed by atoms with E-state index in [0.29, 0.717) is 31.1 Å². The number of ether oxygens (including phenoxy) is 1. The lowest BCUT2D eigenvalue weighted by Crippen LogP contribution is -2.52. The minimum Gasteiger partial charge on any atom is -0.480 e. The van der Waals surface area contributed by atoms with Crippen LogP contribution in [0.5, 0.6) is 0 Å². The van der Waals surface area contributed by atoms with Gasteiger partial charge in [-0.2, -0.15) is 4.31 Å². The summed E-state index contributed by atoms with van der Waals surface area (Å²) in [6.07, 6.45) is 1.46. The first-order valence-electron chi connectivity index (χ1n) is 14.1. The average Bonchev–Trinajstić information content (AvgIpc) is 3.78. The molecule has 1 aliphatic carbocycles. The summed E-state index contributed by atoms with van der Waals surface area (Å²) in [4.78, 5) is 13.4. The number of aliphatic carboxylic acids is 1. The molecule has 0 spiro atoms. The van der Waals surface area contributed by atoms with E-state index in [9.17, 15) is 18.3 Å². The molecule has 2 aliphatic rings. The van der Waals surface area contributed by atoms with Gasteiger partial charge in [-0.3, -0.25) is 4.79 Å². The third-order valence-electron chi connectivity index (χ3n) is 8.59. The maximum absolute atomic E-state index is 14.9. The molecule has 0 aromatic heterocycles. The Kier molecular flexibility index (Phi) is 7.94. The van der Waals surface area contributed by atoms with Gasteiger partial charge in [0, 0.05) is 24.2 Å². The van der Waals surface area contributed by atoms with Gasteiger partial charge in [-0.1, -0.05) is 96.5 Å². The number of carboxylic acid groups (broad SMARTS) is 1. The largest absolute Gasteiger partial charge is 0.480 e. The summed E-state index contributed by atoms with van der Waals surface area (Å²) in [7, 11) is -4.29. The molecular formula is C34H32ClNO5S. The summed E-state index contributed by atoms with van der Waals surface area (Å²) in [6, 6.07) is 32.1. The second-order valence-electron chi connectivity index (χ2n) is 11.0. The molecule has 0 amide bonds. The molecule has 1 unspecified atom stereocenters. The van der Waals surface area contributed by atoms with Crippen molar-refractivity contribution in [3.63, 3.8) is 0 Å². The smallest absolute Gasteiger partial charge is 0.325 e. The molecule has 4 aromatic rings. The zero-order valence-electron chi connectivity index (χ0n) is 23.0. The molecule has 42 heavy (non-hydrogen) atoms. The van der Waals surface area contributed by atoms with Crippen molar-refractivity contribution < 1.29 is 23.1 Å². The van der Waals surface area contributed by atoms with Crippen LogP contribution in [-0.4, -0.2) is 42.6 Å². The Labute approximate surface area is 251 Å². The van der Waals surface area contributed by atoms with E-state index in [0.717, 1.165) is 22.3 Å². The van der Waals surface area contributed by atoms with Crippen molar-refractivity contribution >= 4 is 27.6 Å². The highest BCUT2D eigenvalue weighted by Crippen LogP contribution is 2.61. The lowest BCUT2D eigenvalue weighted by atomic mass is 9.86. The van der Waals surface area contributed by atoms with Crippen LogP contribution in [-0.2, 0) is 19.6 Å². The number of sulfonamides is 1. The van der Waals surface area contributed by atoms with E-state index in [1.54, 1.807) is 36.4 Å². The molecule has 1 N–H and O–H groups in total. The van der Waals surface area contributed by atoms with Crippen LogP contribution >= 0.6 is 11.6 Å². The summed E-state index contributed by atoms with van der Waals surface area (Å²) in [5, 5.41) is 11.5. The van der Waals surface area contributed by atoms with Crippen molar-refractivity contribution in [2.24, 2.45) is 5.92 Å². The number of hydrogen-bond acceptors (Lipinski definition) is 4. The van der Waals surface area contributed by atoms with Gasteiger partial charge in [0.25, 0.3) is 0 Å². The maximum atomic E-state index is 14.9. The number of halogens is 1. The molecule has 0 radical (unpaired) electrons. The average molecular weight is 602 g/mol. The number of nitrogens with zero attached hydrogens (tertiary/aromatic N) is 1. The maximum Gasteiger partial charge on any atom is 0.325 e. The fraction of sp³-hybridized carbons (Fsp3) is 0.265. The molecule has 2 fully saturated rings. The number of hydrogen-bond donors (Lipinski definition) is 1. The van der Waals surface area contributed by atoms with Crippen LogP contribution in [0.25, 0.3) is 11.1 Å². The molecule has 8 heteroatoms. The molecule has 6 rings (SSSR count). The van der Waals surface area contributed by atoms with Crippen LogP contribution < -0.4 is 0 Å². The monoisotopic (exact) mass is 601 g/mol. The Morgan fingerprint density at radius 1 is 0.833 bits per heavy atom. The molecule has 4 aromatic carbocycles. The van der Waals surface area contributed by atoms with Gasteiger partial charge >= 0.3 is 5.97 Å². The molecule has 1 saturated heterocycles. The second-order valence-corrected chi connectivity index (χ2v) is 13.3. The summed E-state index contributed by atoms with van der Waals surface area (Å²) in [5.74, 6) is -1.73. The Balaban J connectivity index is 1.50. The topological polar surface area (TPSA) is 83.9 Å². The van der Waals surface area contributed by atoms with Crippen molar-refractivity contribution in [1.82, 2.24) is 4.31 Å². The van der Waals surface area contributed by atoms with Crippen molar-refractivity contribution in [1.29, 1.82) is 0 Å². The third kappa shape index (κ3) is 5.26. The highest BCUT2D eigenvalue weighted by molar-refractivity contribution is 7.89. The van der Waals surface area contributed by atoms with Crippen molar-refractivity contribution in [3.05, 3.63) is 125 Å². The number of carboxylic acids is 1. The van der Waals surface area contributed by atoms with Gasteiger partial charge in [0.05, 0.1) is 10.9 Å². The van der Waals surface area contributed by atoms with Gasteiger partial charge in [0.1, 0.15) is 5.54 Å². The lowest BCUT2D eigenvalue weighted by molar-refractivity contribution is -0.144. The molecule has 1 saturated carbocycles. The first-order chi connectivity index (χ1) is 20.3. The van der Waals surface area contributed by atoms with Gasteiger partial charge in [-0.05, 0) is 71.7 Å². The van der Waals surface area contributed by atoms with Crippen molar-refractivity contribution in [3.8, 4) is 11.1 Å². The predicted octanol–water partition coefficient (Wildman–Crippen LogP) is 7.18. The fourth-order valence-electron chi connectivity index (χ4n) is 6.37. The van der Waals surface area contributed by atoms with E-state index in [2.05, 4.69) is 0 Å². The molecule has 1 heterocycles. The van der Waals surface area contributed by atoms with E-state index >= 15 is 0 Å². The van der Waals surface area contributed by atoms with E-state index in [-0.39, 0.29) is 17.2 Å². The van der Waals surface area contributed by atoms with Crippen LogP contribution in [0.1, 0.15) is 42.3 Å². The summed E-state index contributed by atoms with van der Waals surface area (Å²) in [6.45, 7) is 1.000. The lowest BCUT2D eigenvalue weighted by Gasteiger charge is -2.41. The molecule has 0 bridgehead atoms. The minimum atomic E-state index is -4.29. The number of rotatable bonds is 9. The second kappa shape index (κ2) is 11.7. The van der Waals surface area contributed by atoms with Crippen LogP contribution in [0, 0.1) is 5.92 Å². The zero-order chi connectivity index (χ0) is 29.3. The Morgan fingerprint density at radius 2 is 1.38 bits per heavy atom. The minimum absolute atomic E-state index is 0.0625. The van der Waals surface area contributed by atoms with Crippen LogP contribution in [0.3, 0.4) is 0 Å². The summed E-state index contributed by atoms with van der Waals surface area (Å²) in [5.41, 5.74) is 1.70. The van der Waals surface area contributed by atoms with Crippen LogP contribution in [0.15, 0.2) is 114 Å². The quantitative estimate of drug-likeness (QED) is 0.220. The van der Waals surface area contributed by atoms with Gasteiger partial charge in [-0.25, -0.2) is 8.42 Å². The van der Waals surface area contributed by atoms with E-state index in [1.165, 1.54) is 4.31 Å². The third-order valence-corrected chi connectivity index (χ3v) is 10.8. The van der Waals surface area contributed by atoms with E-state index in [4.69, 9.17) is 16.3 Å². The number of benzene rings is 4. The Morgan fingerprint density at radius 3 is 1.95 bits per heavy atom. The van der Waals surface area contributed by atoms with Crippen molar-refractivity contribution in [2.45, 2.75) is 41.7 Å². The Bertz CT molecular complexity index is 1640. The zero-order valence-corrected chi connectivity index (χ0v) is 24.5.